The molecule has 0 N–H and O–H groups in total. The lowest BCUT2D eigenvalue weighted by Gasteiger charge is -2.11. The molecule has 0 radical (unpaired) electrons. The zero-order valence-electron chi connectivity index (χ0n) is 20.4. The molecule has 1 unspecified atom stereocenters. The minimum absolute atomic E-state index is 0.0234. The van der Waals surface area contributed by atoms with Gasteiger partial charge in [-0.25, -0.2) is 0 Å². The van der Waals surface area contributed by atoms with Crippen LogP contribution < -0.4 is 0 Å². The van der Waals surface area contributed by atoms with Crippen molar-refractivity contribution in [3.05, 3.63) is 0 Å². The fraction of sp³-hybridized carbons (Fsp3) is 0.923. The third kappa shape index (κ3) is 21.6. The fourth-order valence-corrected chi connectivity index (χ4v) is 3.53. The first-order valence-electron chi connectivity index (χ1n) is 12.9. The van der Waals surface area contributed by atoms with E-state index in [2.05, 4.69) is 20.8 Å². The van der Waals surface area contributed by atoms with Gasteiger partial charge in [0.05, 0.1) is 13.2 Å². The Morgan fingerprint density at radius 3 is 1.53 bits per heavy atom. The van der Waals surface area contributed by atoms with Crippen LogP contribution in [0.3, 0.4) is 0 Å². The van der Waals surface area contributed by atoms with Gasteiger partial charge in [-0.05, 0) is 25.2 Å². The van der Waals surface area contributed by atoms with Crippen molar-refractivity contribution in [3.8, 4) is 0 Å². The van der Waals surface area contributed by atoms with Crippen molar-refractivity contribution in [1.29, 1.82) is 0 Å². The second-order valence-electron chi connectivity index (χ2n) is 8.89. The van der Waals surface area contributed by atoms with Crippen LogP contribution in [0.2, 0.25) is 0 Å². The molecule has 0 saturated carbocycles. The van der Waals surface area contributed by atoms with Gasteiger partial charge in [-0.2, -0.15) is 0 Å². The Labute approximate surface area is 186 Å². The maximum atomic E-state index is 11.7. The van der Waals surface area contributed by atoms with E-state index in [1.54, 1.807) is 0 Å². The van der Waals surface area contributed by atoms with Gasteiger partial charge in [-0.3, -0.25) is 9.59 Å². The van der Waals surface area contributed by atoms with E-state index in [9.17, 15) is 9.59 Å². The molecule has 1 atom stereocenters. The number of unbranched alkanes of at least 4 members (excludes halogenated alkanes) is 12. The number of carbonyl (C=O) groups excluding carboxylic acids is 2. The van der Waals surface area contributed by atoms with Gasteiger partial charge in [0.1, 0.15) is 0 Å². The van der Waals surface area contributed by atoms with Crippen molar-refractivity contribution in [3.63, 3.8) is 0 Å². The van der Waals surface area contributed by atoms with Crippen molar-refractivity contribution in [1.82, 2.24) is 0 Å². The molecule has 4 heteroatoms. The summed E-state index contributed by atoms with van der Waals surface area (Å²) in [5.41, 5.74) is 0. The minimum atomic E-state index is -0.0251. The highest BCUT2D eigenvalue weighted by Crippen LogP contribution is 2.16. The summed E-state index contributed by atoms with van der Waals surface area (Å²) in [5.74, 6) is 0.393. The van der Waals surface area contributed by atoms with Crippen LogP contribution in [-0.4, -0.2) is 25.2 Å². The number of ether oxygens (including phenoxy) is 2. The van der Waals surface area contributed by atoms with E-state index in [4.69, 9.17) is 9.47 Å². The van der Waals surface area contributed by atoms with Crippen molar-refractivity contribution in [2.45, 2.75) is 136 Å². The maximum absolute atomic E-state index is 11.7. The smallest absolute Gasteiger partial charge is 0.306 e. The molecule has 0 spiro atoms. The molecule has 0 aromatic rings. The molecule has 30 heavy (non-hydrogen) atoms. The molecule has 0 aliphatic heterocycles. The second-order valence-corrected chi connectivity index (χ2v) is 8.89. The van der Waals surface area contributed by atoms with E-state index < -0.39 is 0 Å². The van der Waals surface area contributed by atoms with Gasteiger partial charge in [-0.1, -0.05) is 104 Å². The molecule has 0 heterocycles. The third-order valence-electron chi connectivity index (χ3n) is 5.61. The fourth-order valence-electron chi connectivity index (χ4n) is 3.53. The molecule has 0 aliphatic carbocycles. The summed E-state index contributed by atoms with van der Waals surface area (Å²) in [4.78, 5) is 23.2. The molecule has 0 bridgehead atoms. The summed E-state index contributed by atoms with van der Waals surface area (Å²) < 4.78 is 10.4. The molecule has 178 valence electrons. The van der Waals surface area contributed by atoms with Crippen LogP contribution in [0.25, 0.3) is 0 Å². The molecule has 0 saturated heterocycles. The summed E-state index contributed by atoms with van der Waals surface area (Å²) in [6.45, 7) is 7.54. The van der Waals surface area contributed by atoms with Crippen molar-refractivity contribution in [2.75, 3.05) is 13.2 Å². The zero-order valence-corrected chi connectivity index (χ0v) is 20.4. The molecule has 0 aromatic heterocycles. The third-order valence-corrected chi connectivity index (χ3v) is 5.61. The van der Waals surface area contributed by atoms with E-state index >= 15 is 0 Å². The Hall–Kier alpha value is -1.06. The highest BCUT2D eigenvalue weighted by Gasteiger charge is 2.09. The van der Waals surface area contributed by atoms with E-state index in [0.29, 0.717) is 32.0 Å². The number of rotatable bonds is 22. The molecule has 0 fully saturated rings. The quantitative estimate of drug-likeness (QED) is 0.131. The highest BCUT2D eigenvalue weighted by molar-refractivity contribution is 5.69. The Morgan fingerprint density at radius 2 is 1.03 bits per heavy atom. The lowest BCUT2D eigenvalue weighted by molar-refractivity contribution is -0.145. The van der Waals surface area contributed by atoms with Crippen molar-refractivity contribution < 1.29 is 19.1 Å². The van der Waals surface area contributed by atoms with Gasteiger partial charge in [-0.15, -0.1) is 0 Å². The summed E-state index contributed by atoms with van der Waals surface area (Å²) in [6, 6.07) is 0. The largest absolute Gasteiger partial charge is 0.466 e. The SMILES string of the molecule is CCCCOC(=O)CCCCCCCCCCCCCC(C)CC(=O)OCCCC. The van der Waals surface area contributed by atoms with Crippen LogP contribution >= 0.6 is 0 Å². The van der Waals surface area contributed by atoms with Crippen LogP contribution in [-0.2, 0) is 19.1 Å². The number of esters is 2. The lowest BCUT2D eigenvalue weighted by atomic mass is 9.99. The van der Waals surface area contributed by atoms with Crippen LogP contribution in [0.1, 0.15) is 136 Å². The van der Waals surface area contributed by atoms with Crippen LogP contribution in [0.4, 0.5) is 0 Å². The lowest BCUT2D eigenvalue weighted by Crippen LogP contribution is -2.10. The Bertz CT molecular complexity index is 394. The predicted octanol–water partition coefficient (Wildman–Crippen LogP) is 7.77. The summed E-state index contributed by atoms with van der Waals surface area (Å²) in [7, 11) is 0. The van der Waals surface area contributed by atoms with Gasteiger partial charge < -0.3 is 9.47 Å². The molecule has 0 amide bonds. The van der Waals surface area contributed by atoms with E-state index in [0.717, 1.165) is 44.9 Å². The topological polar surface area (TPSA) is 52.6 Å². The first kappa shape index (κ1) is 28.9. The summed E-state index contributed by atoms with van der Waals surface area (Å²) >= 11 is 0. The average molecular weight is 427 g/mol. The van der Waals surface area contributed by atoms with Crippen molar-refractivity contribution >= 4 is 11.9 Å². The number of hydrogen-bond donors (Lipinski definition) is 0. The van der Waals surface area contributed by atoms with Gasteiger partial charge in [0, 0.05) is 12.8 Å². The molecule has 0 rings (SSSR count). The molecular weight excluding hydrogens is 376 g/mol. The Morgan fingerprint density at radius 1 is 0.600 bits per heavy atom. The first-order chi connectivity index (χ1) is 14.6. The van der Waals surface area contributed by atoms with Crippen molar-refractivity contribution in [2.24, 2.45) is 5.92 Å². The molecule has 4 nitrogen and oxygen atoms in total. The number of carbonyl (C=O) groups is 2. The Kier molecular flexibility index (Phi) is 21.8. The van der Waals surface area contributed by atoms with E-state index in [1.807, 2.05) is 0 Å². The van der Waals surface area contributed by atoms with Gasteiger partial charge >= 0.3 is 11.9 Å². The normalized spacial score (nSPS) is 12.0. The average Bonchev–Trinajstić information content (AvgIpc) is 2.71. The maximum Gasteiger partial charge on any atom is 0.306 e. The zero-order chi connectivity index (χ0) is 22.3. The minimum Gasteiger partial charge on any atom is -0.466 e. The van der Waals surface area contributed by atoms with Crippen LogP contribution in [0.5, 0.6) is 0 Å². The summed E-state index contributed by atoms with van der Waals surface area (Å²) in [6.07, 6.45) is 20.2. The van der Waals surface area contributed by atoms with Crippen LogP contribution in [0, 0.1) is 5.92 Å². The van der Waals surface area contributed by atoms with Gasteiger partial charge in [0.2, 0.25) is 0 Å². The van der Waals surface area contributed by atoms with E-state index in [-0.39, 0.29) is 11.9 Å². The monoisotopic (exact) mass is 426 g/mol. The first-order valence-corrected chi connectivity index (χ1v) is 12.9. The van der Waals surface area contributed by atoms with Gasteiger partial charge in [0.25, 0.3) is 0 Å². The highest BCUT2D eigenvalue weighted by atomic mass is 16.5. The Balaban J connectivity index is 3.27. The van der Waals surface area contributed by atoms with Crippen LogP contribution in [0.15, 0.2) is 0 Å². The molecular formula is C26H50O4. The standard InChI is InChI=1S/C26H50O4/c1-4-6-21-29-25(27)20-18-16-14-12-10-8-9-11-13-15-17-19-24(3)23-26(28)30-22-7-5-2/h24H,4-23H2,1-3H3. The molecule has 0 aliphatic rings. The second kappa shape index (κ2) is 22.6. The van der Waals surface area contributed by atoms with E-state index in [1.165, 1.54) is 57.8 Å². The van der Waals surface area contributed by atoms with Gasteiger partial charge in [0.15, 0.2) is 0 Å². The summed E-state index contributed by atoms with van der Waals surface area (Å²) in [5, 5.41) is 0. The molecule has 0 aromatic carbocycles. The number of hydrogen-bond acceptors (Lipinski definition) is 4. The predicted molar refractivity (Wildman–Crippen MR) is 126 cm³/mol.